The Morgan fingerprint density at radius 1 is 1.13 bits per heavy atom. The van der Waals surface area contributed by atoms with Crippen molar-refractivity contribution < 1.29 is 9.53 Å². The van der Waals surface area contributed by atoms with Gasteiger partial charge in [-0.3, -0.25) is 14.9 Å². The number of benzene rings is 1. The summed E-state index contributed by atoms with van der Waals surface area (Å²) in [6.45, 7) is 0.560. The summed E-state index contributed by atoms with van der Waals surface area (Å²) in [6.07, 6.45) is 8.09. The summed E-state index contributed by atoms with van der Waals surface area (Å²) in [6, 6.07) is 11.7. The normalized spacial score (nSPS) is 11.3. The van der Waals surface area contributed by atoms with E-state index in [4.69, 9.17) is 10.5 Å². The van der Waals surface area contributed by atoms with Crippen LogP contribution in [0.15, 0.2) is 61.2 Å². The third-order valence-electron chi connectivity index (χ3n) is 5.34. The number of nitrogens with two attached hydrogens (primary N) is 1. The molecule has 0 aliphatic carbocycles. The van der Waals surface area contributed by atoms with E-state index in [1.165, 1.54) is 5.56 Å². The Hall–Kier alpha value is -4.20. The van der Waals surface area contributed by atoms with E-state index in [9.17, 15) is 4.79 Å². The lowest BCUT2D eigenvalue weighted by atomic mass is 10.0. The SMILES string of the molecule is Cn1cc(-c2cc(C(N)=O)nc3[nH]ncc23)c2cc(OCCc3ccncc3)ccc21. The van der Waals surface area contributed by atoms with Crippen LogP contribution in [0.25, 0.3) is 33.1 Å². The van der Waals surface area contributed by atoms with E-state index in [1.54, 1.807) is 24.7 Å². The number of carbonyl (C=O) groups is 1. The maximum Gasteiger partial charge on any atom is 0.267 e. The number of fused-ring (bicyclic) bond motifs is 2. The van der Waals surface area contributed by atoms with Crippen molar-refractivity contribution in [3.8, 4) is 16.9 Å². The summed E-state index contributed by atoms with van der Waals surface area (Å²) in [5.74, 6) is 0.194. The molecular formula is C23H20N6O2. The fraction of sp³-hybridized carbons (Fsp3) is 0.130. The molecule has 0 unspecified atom stereocenters. The number of aryl methyl sites for hydroxylation is 1. The fourth-order valence-corrected chi connectivity index (χ4v) is 3.79. The lowest BCUT2D eigenvalue weighted by Crippen LogP contribution is -2.13. The van der Waals surface area contributed by atoms with Gasteiger partial charge in [-0.1, -0.05) is 0 Å². The largest absolute Gasteiger partial charge is 0.493 e. The maximum absolute atomic E-state index is 11.8. The summed E-state index contributed by atoms with van der Waals surface area (Å²) in [5, 5.41) is 8.74. The highest BCUT2D eigenvalue weighted by Gasteiger charge is 2.17. The monoisotopic (exact) mass is 412 g/mol. The van der Waals surface area contributed by atoms with Gasteiger partial charge in [0.15, 0.2) is 5.65 Å². The number of amides is 1. The van der Waals surface area contributed by atoms with E-state index in [1.807, 2.05) is 48.1 Å². The van der Waals surface area contributed by atoms with Crippen molar-refractivity contribution in [2.24, 2.45) is 12.8 Å². The third-order valence-corrected chi connectivity index (χ3v) is 5.34. The molecule has 0 spiro atoms. The minimum Gasteiger partial charge on any atom is -0.493 e. The molecule has 154 valence electrons. The molecule has 0 fully saturated rings. The van der Waals surface area contributed by atoms with E-state index in [0.29, 0.717) is 12.3 Å². The first-order valence-electron chi connectivity index (χ1n) is 9.85. The number of ether oxygens (including phenoxy) is 1. The van der Waals surface area contributed by atoms with Gasteiger partial charge in [-0.25, -0.2) is 4.98 Å². The fourth-order valence-electron chi connectivity index (χ4n) is 3.79. The predicted octanol–water partition coefficient (Wildman–Crippen LogP) is 3.23. The average molecular weight is 412 g/mol. The van der Waals surface area contributed by atoms with Crippen LogP contribution in [0, 0.1) is 0 Å². The molecule has 0 saturated heterocycles. The standard InChI is InChI=1S/C23H20N6O2/c1-29-13-19(16-11-20(22(24)30)27-23-18(16)12-26-28-23)17-10-15(2-3-21(17)29)31-9-6-14-4-7-25-8-5-14/h2-5,7-8,10-13H,6,9H2,1H3,(H2,24,30)(H,26,27,28). The van der Waals surface area contributed by atoms with Crippen LogP contribution in [-0.4, -0.2) is 37.2 Å². The minimum atomic E-state index is -0.585. The minimum absolute atomic E-state index is 0.188. The molecule has 0 aliphatic heterocycles. The van der Waals surface area contributed by atoms with Crippen molar-refractivity contribution in [1.82, 2.24) is 24.7 Å². The van der Waals surface area contributed by atoms with E-state index in [-0.39, 0.29) is 5.69 Å². The van der Waals surface area contributed by atoms with Gasteiger partial charge in [0.1, 0.15) is 11.4 Å². The second-order valence-corrected chi connectivity index (χ2v) is 7.34. The zero-order chi connectivity index (χ0) is 21.4. The highest BCUT2D eigenvalue weighted by Crippen LogP contribution is 2.36. The van der Waals surface area contributed by atoms with Crippen LogP contribution >= 0.6 is 0 Å². The summed E-state index contributed by atoms with van der Waals surface area (Å²) in [7, 11) is 1.98. The van der Waals surface area contributed by atoms with Crippen LogP contribution in [0.5, 0.6) is 5.75 Å². The average Bonchev–Trinajstić information content (AvgIpc) is 3.38. The zero-order valence-electron chi connectivity index (χ0n) is 16.9. The smallest absolute Gasteiger partial charge is 0.267 e. The molecule has 4 heterocycles. The van der Waals surface area contributed by atoms with Gasteiger partial charge in [0.25, 0.3) is 5.91 Å². The Morgan fingerprint density at radius 3 is 2.77 bits per heavy atom. The second-order valence-electron chi connectivity index (χ2n) is 7.34. The second kappa shape index (κ2) is 7.56. The summed E-state index contributed by atoms with van der Waals surface area (Å²) in [5.41, 5.74) is 10.2. The Kier molecular flexibility index (Phi) is 4.59. The van der Waals surface area contributed by atoms with E-state index in [2.05, 4.69) is 20.2 Å². The third kappa shape index (κ3) is 3.48. The first-order valence-corrected chi connectivity index (χ1v) is 9.85. The number of carbonyl (C=O) groups excluding carboxylic acids is 1. The number of nitrogens with zero attached hydrogens (tertiary/aromatic N) is 4. The first kappa shape index (κ1) is 18.8. The number of aromatic nitrogens is 5. The highest BCUT2D eigenvalue weighted by molar-refractivity contribution is 6.06. The number of rotatable bonds is 6. The van der Waals surface area contributed by atoms with Crippen molar-refractivity contribution in [1.29, 1.82) is 0 Å². The first-order chi connectivity index (χ1) is 15.1. The Bertz CT molecular complexity index is 1400. The van der Waals surface area contributed by atoms with Gasteiger partial charge in [0.05, 0.1) is 12.8 Å². The Labute approximate surface area is 177 Å². The summed E-state index contributed by atoms with van der Waals surface area (Å²) >= 11 is 0. The molecule has 4 aromatic heterocycles. The molecule has 0 bridgehead atoms. The zero-order valence-corrected chi connectivity index (χ0v) is 16.9. The lowest BCUT2D eigenvalue weighted by molar-refractivity contribution is 0.0996. The van der Waals surface area contributed by atoms with Gasteiger partial charge >= 0.3 is 0 Å². The number of hydrogen-bond donors (Lipinski definition) is 2. The molecule has 0 aliphatic rings. The quantitative estimate of drug-likeness (QED) is 0.445. The van der Waals surface area contributed by atoms with Gasteiger partial charge in [0, 0.05) is 53.9 Å². The molecule has 8 heteroatoms. The Balaban J connectivity index is 1.54. The number of hydrogen-bond acceptors (Lipinski definition) is 5. The van der Waals surface area contributed by atoms with Gasteiger partial charge in [0.2, 0.25) is 0 Å². The van der Waals surface area contributed by atoms with E-state index in [0.717, 1.165) is 39.6 Å². The molecular weight excluding hydrogens is 392 g/mol. The summed E-state index contributed by atoms with van der Waals surface area (Å²) in [4.78, 5) is 20.1. The van der Waals surface area contributed by atoms with Gasteiger partial charge in [-0.2, -0.15) is 5.10 Å². The van der Waals surface area contributed by atoms with Crippen LogP contribution in [0.3, 0.4) is 0 Å². The van der Waals surface area contributed by atoms with E-state index < -0.39 is 5.91 Å². The van der Waals surface area contributed by atoms with Gasteiger partial charge < -0.3 is 15.0 Å². The number of pyridine rings is 2. The van der Waals surface area contributed by atoms with Gasteiger partial charge in [-0.15, -0.1) is 0 Å². The number of primary amides is 1. The van der Waals surface area contributed by atoms with Crippen molar-refractivity contribution in [3.63, 3.8) is 0 Å². The van der Waals surface area contributed by atoms with Crippen molar-refractivity contribution in [2.45, 2.75) is 6.42 Å². The van der Waals surface area contributed by atoms with E-state index >= 15 is 0 Å². The van der Waals surface area contributed by atoms with Crippen molar-refractivity contribution in [2.75, 3.05) is 6.61 Å². The molecule has 31 heavy (non-hydrogen) atoms. The highest BCUT2D eigenvalue weighted by atomic mass is 16.5. The Morgan fingerprint density at radius 2 is 1.97 bits per heavy atom. The number of aromatic amines is 1. The molecule has 0 saturated carbocycles. The number of nitrogens with one attached hydrogen (secondary N) is 1. The lowest BCUT2D eigenvalue weighted by Gasteiger charge is -2.08. The van der Waals surface area contributed by atoms with Crippen LogP contribution in [0.2, 0.25) is 0 Å². The van der Waals surface area contributed by atoms with Crippen LogP contribution in [-0.2, 0) is 13.5 Å². The molecule has 1 amide bonds. The van der Waals surface area contributed by atoms with Crippen molar-refractivity contribution in [3.05, 3.63) is 72.4 Å². The van der Waals surface area contributed by atoms with Crippen LogP contribution in [0.1, 0.15) is 16.1 Å². The molecule has 0 atom stereocenters. The van der Waals surface area contributed by atoms with Crippen LogP contribution in [0.4, 0.5) is 0 Å². The van der Waals surface area contributed by atoms with Gasteiger partial charge in [-0.05, 0) is 47.5 Å². The van der Waals surface area contributed by atoms with Crippen LogP contribution < -0.4 is 10.5 Å². The number of H-pyrrole nitrogens is 1. The topological polar surface area (TPSA) is 112 Å². The molecule has 1 aromatic carbocycles. The molecule has 5 rings (SSSR count). The molecule has 3 N–H and O–H groups in total. The summed E-state index contributed by atoms with van der Waals surface area (Å²) < 4.78 is 8.06. The predicted molar refractivity (Wildman–Crippen MR) is 118 cm³/mol. The molecule has 0 radical (unpaired) electrons. The van der Waals surface area contributed by atoms with Crippen molar-refractivity contribution >= 4 is 27.8 Å². The molecule has 8 nitrogen and oxygen atoms in total. The maximum atomic E-state index is 11.8. The molecule has 5 aromatic rings.